The van der Waals surface area contributed by atoms with Crippen molar-refractivity contribution in [3.05, 3.63) is 46.8 Å². The highest BCUT2D eigenvalue weighted by atomic mass is 16.5. The number of ether oxygens (including phenoxy) is 1. The number of rotatable bonds is 6. The Balaban J connectivity index is 1.57. The van der Waals surface area contributed by atoms with Crippen molar-refractivity contribution < 1.29 is 14.6 Å². The first-order chi connectivity index (χ1) is 13.0. The van der Waals surface area contributed by atoms with Gasteiger partial charge in [-0.25, -0.2) is 0 Å². The van der Waals surface area contributed by atoms with E-state index in [-0.39, 0.29) is 24.0 Å². The third-order valence-electron chi connectivity index (χ3n) is 5.62. The maximum atomic E-state index is 13.0. The number of aliphatic hydroxyl groups excluding tert-OH is 1. The molecule has 1 aliphatic heterocycles. The van der Waals surface area contributed by atoms with Gasteiger partial charge in [-0.1, -0.05) is 13.0 Å². The summed E-state index contributed by atoms with van der Waals surface area (Å²) >= 11 is 0. The first-order valence-electron chi connectivity index (χ1n) is 9.83. The van der Waals surface area contributed by atoms with Crippen molar-refractivity contribution in [1.82, 2.24) is 15.1 Å². The zero-order chi connectivity index (χ0) is 19.0. The van der Waals surface area contributed by atoms with Gasteiger partial charge in [0.15, 0.2) is 0 Å². The van der Waals surface area contributed by atoms with Gasteiger partial charge in [-0.05, 0) is 55.4 Å². The van der Waals surface area contributed by atoms with E-state index in [1.807, 2.05) is 29.9 Å². The van der Waals surface area contributed by atoms with Crippen molar-refractivity contribution in [3.8, 4) is 5.75 Å². The van der Waals surface area contributed by atoms with Gasteiger partial charge in [0.1, 0.15) is 5.75 Å². The molecule has 1 aromatic heterocycles. The second kappa shape index (κ2) is 7.35. The molecule has 0 unspecified atom stereocenters. The van der Waals surface area contributed by atoms with Crippen LogP contribution in [0.1, 0.15) is 59.4 Å². The average Bonchev–Trinajstić information content (AvgIpc) is 3.23. The fraction of sp³-hybridized carbons (Fsp3) is 0.524. The highest BCUT2D eigenvalue weighted by Crippen LogP contribution is 2.40. The first kappa shape index (κ1) is 18.0. The van der Waals surface area contributed by atoms with Crippen molar-refractivity contribution in [1.29, 1.82) is 0 Å². The summed E-state index contributed by atoms with van der Waals surface area (Å²) in [5, 5.41) is 17.4. The largest absolute Gasteiger partial charge is 0.493 e. The first-order valence-corrected chi connectivity index (χ1v) is 9.83. The molecule has 1 aromatic carbocycles. The second-order valence-corrected chi connectivity index (χ2v) is 7.69. The number of nitrogens with zero attached hydrogens (tertiary/aromatic N) is 2. The van der Waals surface area contributed by atoms with E-state index in [1.54, 1.807) is 0 Å². The fourth-order valence-electron chi connectivity index (χ4n) is 4.08. The van der Waals surface area contributed by atoms with Crippen molar-refractivity contribution in [2.24, 2.45) is 5.92 Å². The Hall–Kier alpha value is -2.34. The number of aliphatic hydroxyl groups is 1. The molecule has 4 rings (SSSR count). The quantitative estimate of drug-likeness (QED) is 0.821. The van der Waals surface area contributed by atoms with E-state index in [0.29, 0.717) is 25.0 Å². The summed E-state index contributed by atoms with van der Waals surface area (Å²) in [5.74, 6) is 1.09. The zero-order valence-corrected chi connectivity index (χ0v) is 15.9. The summed E-state index contributed by atoms with van der Waals surface area (Å²) < 4.78 is 7.44. The smallest absolute Gasteiger partial charge is 0.255 e. The minimum Gasteiger partial charge on any atom is -0.493 e. The van der Waals surface area contributed by atoms with E-state index in [9.17, 15) is 9.90 Å². The van der Waals surface area contributed by atoms with Gasteiger partial charge in [-0.15, -0.1) is 0 Å². The van der Waals surface area contributed by atoms with Crippen molar-refractivity contribution in [2.75, 3.05) is 6.61 Å². The Labute approximate surface area is 159 Å². The summed E-state index contributed by atoms with van der Waals surface area (Å²) in [5.41, 5.74) is 3.65. The van der Waals surface area contributed by atoms with E-state index < -0.39 is 0 Å². The summed E-state index contributed by atoms with van der Waals surface area (Å²) in [6.45, 7) is 5.48. The van der Waals surface area contributed by atoms with Crippen LogP contribution in [0.2, 0.25) is 0 Å². The number of carbonyl (C=O) groups is 1. The number of aryl methyl sites for hydroxylation is 2. The summed E-state index contributed by atoms with van der Waals surface area (Å²) in [6, 6.07) is 6.07. The Kier molecular flexibility index (Phi) is 4.91. The van der Waals surface area contributed by atoms with Crippen LogP contribution in [0.15, 0.2) is 24.4 Å². The molecule has 6 nitrogen and oxygen atoms in total. The third kappa shape index (κ3) is 3.58. The lowest BCUT2D eigenvalue weighted by molar-refractivity contribution is 0.0235. The van der Waals surface area contributed by atoms with E-state index in [0.717, 1.165) is 36.4 Å². The van der Waals surface area contributed by atoms with Crippen LogP contribution in [-0.4, -0.2) is 33.5 Å². The van der Waals surface area contributed by atoms with Gasteiger partial charge in [0, 0.05) is 19.2 Å². The summed E-state index contributed by atoms with van der Waals surface area (Å²) in [4.78, 5) is 13.0. The number of benzene rings is 1. The van der Waals surface area contributed by atoms with Crippen molar-refractivity contribution >= 4 is 5.91 Å². The maximum absolute atomic E-state index is 13.0. The number of fused-ring (bicyclic) bond motifs is 1. The van der Waals surface area contributed by atoms with Gasteiger partial charge in [-0.2, -0.15) is 5.10 Å². The molecule has 0 bridgehead atoms. The van der Waals surface area contributed by atoms with Gasteiger partial charge in [0.05, 0.1) is 30.0 Å². The molecule has 0 spiro atoms. The Morgan fingerprint density at radius 2 is 2.26 bits per heavy atom. The third-order valence-corrected chi connectivity index (χ3v) is 5.62. The number of hydrogen-bond donors (Lipinski definition) is 2. The molecule has 2 aliphatic rings. The number of hydrogen-bond acceptors (Lipinski definition) is 4. The summed E-state index contributed by atoms with van der Waals surface area (Å²) in [7, 11) is 0. The fourth-order valence-corrected chi connectivity index (χ4v) is 4.08. The molecule has 144 valence electrons. The van der Waals surface area contributed by atoms with Crippen LogP contribution in [0.5, 0.6) is 5.75 Å². The highest BCUT2D eigenvalue weighted by molar-refractivity contribution is 5.95. The molecule has 0 saturated heterocycles. The molecular weight excluding hydrogens is 342 g/mol. The standard InChI is InChI=1S/C21H27N3O3/c1-3-7-24-12-18(13(2)23-24)21(26)22-20(16-10-17(25)11-16)15-4-5-19-14(9-15)6-8-27-19/h4-5,9,12,16-17,20,25H,3,6-8,10-11H2,1-2H3,(H,22,26)/t16?,17?,20-/m0/s1. The lowest BCUT2D eigenvalue weighted by Crippen LogP contribution is -2.41. The zero-order valence-electron chi connectivity index (χ0n) is 15.9. The monoisotopic (exact) mass is 369 g/mol. The molecule has 0 radical (unpaired) electrons. The maximum Gasteiger partial charge on any atom is 0.255 e. The molecule has 27 heavy (non-hydrogen) atoms. The van der Waals surface area contributed by atoms with Crippen LogP contribution in [-0.2, 0) is 13.0 Å². The van der Waals surface area contributed by atoms with E-state index in [4.69, 9.17) is 4.74 Å². The molecule has 1 atom stereocenters. The van der Waals surface area contributed by atoms with Gasteiger partial charge in [0.2, 0.25) is 0 Å². The molecular formula is C21H27N3O3. The van der Waals surface area contributed by atoms with Gasteiger partial charge in [-0.3, -0.25) is 9.48 Å². The van der Waals surface area contributed by atoms with E-state index in [2.05, 4.69) is 23.4 Å². The van der Waals surface area contributed by atoms with E-state index >= 15 is 0 Å². The minimum absolute atomic E-state index is 0.0991. The van der Waals surface area contributed by atoms with Crippen LogP contribution in [0.25, 0.3) is 0 Å². The topological polar surface area (TPSA) is 76.4 Å². The predicted octanol–water partition coefficient (Wildman–Crippen LogP) is 2.78. The van der Waals surface area contributed by atoms with Gasteiger partial charge < -0.3 is 15.2 Å². The van der Waals surface area contributed by atoms with Crippen molar-refractivity contribution in [3.63, 3.8) is 0 Å². The van der Waals surface area contributed by atoms with Crippen molar-refractivity contribution in [2.45, 2.75) is 58.2 Å². The Bertz CT molecular complexity index is 839. The lowest BCUT2D eigenvalue weighted by Gasteiger charge is -2.38. The Morgan fingerprint density at radius 3 is 3.00 bits per heavy atom. The molecule has 6 heteroatoms. The van der Waals surface area contributed by atoms with E-state index in [1.165, 1.54) is 5.56 Å². The number of carbonyl (C=O) groups excluding carboxylic acids is 1. The number of amides is 1. The molecule has 2 heterocycles. The number of nitrogens with one attached hydrogen (secondary N) is 1. The number of aromatic nitrogens is 2. The van der Waals surface area contributed by atoms with Gasteiger partial charge in [0.25, 0.3) is 5.91 Å². The lowest BCUT2D eigenvalue weighted by atomic mass is 9.74. The minimum atomic E-state index is -0.263. The highest BCUT2D eigenvalue weighted by Gasteiger charge is 2.36. The Morgan fingerprint density at radius 1 is 1.44 bits per heavy atom. The molecule has 1 fully saturated rings. The SMILES string of the molecule is CCCn1cc(C(=O)N[C@@H](c2ccc3c(c2)CCO3)C2CC(O)C2)c(C)n1. The second-order valence-electron chi connectivity index (χ2n) is 7.69. The van der Waals surface area contributed by atoms with Crippen LogP contribution < -0.4 is 10.1 Å². The molecule has 1 amide bonds. The van der Waals surface area contributed by atoms with Crippen LogP contribution in [0, 0.1) is 12.8 Å². The van der Waals surface area contributed by atoms with Crippen LogP contribution >= 0.6 is 0 Å². The average molecular weight is 369 g/mol. The molecule has 2 N–H and O–H groups in total. The predicted molar refractivity (Wildman–Crippen MR) is 102 cm³/mol. The molecule has 1 aliphatic carbocycles. The summed E-state index contributed by atoms with van der Waals surface area (Å²) in [6.07, 6.45) is 4.87. The van der Waals surface area contributed by atoms with Gasteiger partial charge >= 0.3 is 0 Å². The van der Waals surface area contributed by atoms with Crippen LogP contribution in [0.4, 0.5) is 0 Å². The molecule has 2 aromatic rings. The molecule has 1 saturated carbocycles. The van der Waals surface area contributed by atoms with Crippen LogP contribution in [0.3, 0.4) is 0 Å². The normalized spacial score (nSPS) is 21.9.